The van der Waals surface area contributed by atoms with Crippen molar-refractivity contribution < 1.29 is 65.3 Å². The van der Waals surface area contributed by atoms with Gasteiger partial charge in [-0.15, -0.1) is 48.3 Å². The number of nitrogens with zero attached hydrogens (tertiary/aromatic N) is 4. The van der Waals surface area contributed by atoms with Crippen LogP contribution in [0.15, 0.2) is 0 Å². The molecule has 0 unspecified atom stereocenters. The predicted octanol–water partition coefficient (Wildman–Crippen LogP) is 13.9. The molecule has 0 aromatic carbocycles. The molecule has 8 aliphatic carbocycles. The third kappa shape index (κ3) is 26.5. The first-order valence-corrected chi connectivity index (χ1v) is 26.7. The average molecular weight is 940 g/mol. The summed E-state index contributed by atoms with van der Waals surface area (Å²) < 4.78 is 4.94. The van der Waals surface area contributed by atoms with Crippen molar-refractivity contribution in [3.05, 3.63) is 21.3 Å². The average Bonchev–Trinajstić information content (AvgIpc) is 3.89. The zero-order chi connectivity index (χ0) is 39.3. The van der Waals surface area contributed by atoms with Crippen LogP contribution in [0.4, 0.5) is 0 Å². The van der Waals surface area contributed by atoms with Gasteiger partial charge in [0.25, 0.3) is 0 Å². The van der Waals surface area contributed by atoms with Crippen molar-refractivity contribution >= 4 is 0 Å². The Kier molecular flexibility index (Phi) is 34.5. The van der Waals surface area contributed by atoms with Gasteiger partial charge in [0.1, 0.15) is 0 Å². The molecule has 9 rings (SSSR count). The third-order valence-electron chi connectivity index (χ3n) is 15.1. The maximum atomic E-state index is 5.00. The molecule has 0 aromatic heterocycles. The molecular weight excluding hydrogens is 844 g/mol. The van der Waals surface area contributed by atoms with Crippen molar-refractivity contribution in [3.63, 3.8) is 0 Å². The quantitative estimate of drug-likeness (QED) is 0.224. The Labute approximate surface area is 414 Å². The summed E-state index contributed by atoms with van der Waals surface area (Å²) in [5.41, 5.74) is 0. The van der Waals surface area contributed by atoms with E-state index in [-0.39, 0.29) is 60.6 Å². The monoisotopic (exact) mass is 940 g/mol. The molecule has 1 heterocycles. The summed E-state index contributed by atoms with van der Waals surface area (Å²) in [6.07, 6.45) is 59.3. The summed E-state index contributed by atoms with van der Waals surface area (Å²) in [7, 11) is 0. The van der Waals surface area contributed by atoms with Crippen LogP contribution >= 0.6 is 0 Å². The van der Waals surface area contributed by atoms with Gasteiger partial charge in [0, 0.05) is 13.2 Å². The van der Waals surface area contributed by atoms with Crippen LogP contribution in [0.5, 0.6) is 0 Å². The molecule has 8 saturated carbocycles. The predicted molar refractivity (Wildman–Crippen MR) is 248 cm³/mol. The topological polar surface area (TPSA) is 65.6 Å². The van der Waals surface area contributed by atoms with E-state index in [1.54, 1.807) is 0 Å². The van der Waals surface area contributed by atoms with Gasteiger partial charge in [-0.2, -0.15) is 0 Å². The molecule has 0 amide bonds. The molecule has 9 fully saturated rings. The molecule has 1 radical (unpaired) electrons. The minimum Gasteiger partial charge on any atom is -0.657 e. The fourth-order valence-electron chi connectivity index (χ4n) is 11.5. The van der Waals surface area contributed by atoms with Gasteiger partial charge in [-0.05, 0) is 12.8 Å². The second-order valence-electron chi connectivity index (χ2n) is 20.3. The Balaban J connectivity index is 0.000000200. The summed E-state index contributed by atoms with van der Waals surface area (Å²) in [4.78, 5) is 0. The minimum atomic E-state index is 0. The van der Waals surface area contributed by atoms with Crippen LogP contribution in [0.3, 0.4) is 0 Å². The third-order valence-corrected chi connectivity index (χ3v) is 15.1. The van der Waals surface area contributed by atoms with Gasteiger partial charge >= 0.3 is 60.6 Å². The molecule has 0 bridgehead atoms. The molecule has 59 heavy (non-hydrogen) atoms. The van der Waals surface area contributed by atoms with E-state index in [0.29, 0.717) is 0 Å². The second kappa shape index (κ2) is 36.9. The van der Waals surface area contributed by atoms with Crippen molar-refractivity contribution in [3.8, 4) is 0 Å². The number of hydrogen-bond acceptors (Lipinski definition) is 1. The summed E-state index contributed by atoms with van der Waals surface area (Å²) in [5, 5.41) is 20.0. The van der Waals surface area contributed by atoms with Crippen LogP contribution in [0, 0.1) is 41.7 Å². The van der Waals surface area contributed by atoms with E-state index in [0.717, 1.165) is 61.5 Å². The van der Waals surface area contributed by atoms with Crippen molar-refractivity contribution in [1.82, 2.24) is 0 Å². The first-order chi connectivity index (χ1) is 28.3. The fourth-order valence-corrected chi connectivity index (χ4v) is 11.5. The Bertz CT molecular complexity index is 687. The maximum absolute atomic E-state index is 5.00. The van der Waals surface area contributed by atoms with E-state index >= 15 is 0 Å². The van der Waals surface area contributed by atoms with E-state index in [2.05, 4.69) is 0 Å². The standard InChI is InChI=1S/4C12H22N.C4H8O.Ce.Li/c4*1-3-7-11(8-4-1)13-12-9-5-2-6-10-12;1-2-4-5-3-1;;/h4*11-12H,1-10H2;1-4H2;;/q4*-1;;+3;+1. The SMILES string of the molecule is C1CCC([N-]C2CCCCC2)CC1.C1CCC([N-]C2CCCCC2)CC1.C1CCC([N-]C2CCCCC2)CC1.C1CCC([N-]C2CCCCC2)CC1.C1CCOC1.[Ce+3].[Li+]. The first-order valence-electron chi connectivity index (χ1n) is 26.7. The Morgan fingerprint density at radius 2 is 0.339 bits per heavy atom. The number of hydrogen-bond donors (Lipinski definition) is 0. The van der Waals surface area contributed by atoms with Crippen molar-refractivity contribution in [1.29, 1.82) is 0 Å². The molecule has 0 spiro atoms. The Hall–Kier alpha value is 1.77. The molecule has 335 valence electrons. The first kappa shape index (κ1) is 55.1. The summed E-state index contributed by atoms with van der Waals surface area (Å²) in [6, 6.07) is 5.98. The van der Waals surface area contributed by atoms with Gasteiger partial charge in [-0.3, -0.25) is 0 Å². The Morgan fingerprint density at radius 1 is 0.203 bits per heavy atom. The summed E-state index contributed by atoms with van der Waals surface area (Å²) in [6.45, 7) is 2.00. The van der Waals surface area contributed by atoms with Gasteiger partial charge in [0.05, 0.1) is 0 Å². The summed E-state index contributed by atoms with van der Waals surface area (Å²) in [5.74, 6) is 0. The van der Waals surface area contributed by atoms with E-state index in [9.17, 15) is 0 Å². The van der Waals surface area contributed by atoms with Crippen LogP contribution in [0.2, 0.25) is 0 Å². The molecule has 5 nitrogen and oxygen atoms in total. The molecule has 0 atom stereocenters. The molecular formula is C52H96CeLiN4O. The number of ether oxygens (including phenoxy) is 1. The largest absolute Gasteiger partial charge is 3.00 e. The van der Waals surface area contributed by atoms with Crippen molar-refractivity contribution in [2.45, 2.75) is 318 Å². The zero-order valence-electron chi connectivity index (χ0n) is 39.4. The minimum absolute atomic E-state index is 0. The zero-order valence-corrected chi connectivity index (χ0v) is 42.6. The van der Waals surface area contributed by atoms with Gasteiger partial charge in [0.2, 0.25) is 0 Å². The van der Waals surface area contributed by atoms with Crippen LogP contribution in [-0.4, -0.2) is 61.5 Å². The van der Waals surface area contributed by atoms with Crippen molar-refractivity contribution in [2.75, 3.05) is 13.2 Å². The number of rotatable bonds is 8. The normalized spacial score (nSPS) is 26.4. The Morgan fingerprint density at radius 3 is 0.441 bits per heavy atom. The van der Waals surface area contributed by atoms with Crippen LogP contribution < -0.4 is 18.9 Å². The summed E-state index contributed by atoms with van der Waals surface area (Å²) >= 11 is 0. The van der Waals surface area contributed by atoms with Crippen LogP contribution in [0.1, 0.15) is 270 Å². The second-order valence-corrected chi connectivity index (χ2v) is 20.3. The smallest absolute Gasteiger partial charge is 0.657 e. The van der Waals surface area contributed by atoms with Crippen LogP contribution in [0.25, 0.3) is 21.3 Å². The molecule has 0 aromatic rings. The molecule has 9 aliphatic rings. The van der Waals surface area contributed by atoms with E-state index in [1.807, 2.05) is 0 Å². The van der Waals surface area contributed by atoms with Crippen LogP contribution in [-0.2, 0) is 4.74 Å². The van der Waals surface area contributed by atoms with E-state index in [4.69, 9.17) is 26.0 Å². The molecule has 1 aliphatic heterocycles. The van der Waals surface area contributed by atoms with E-state index in [1.165, 1.54) is 270 Å². The van der Waals surface area contributed by atoms with E-state index < -0.39 is 0 Å². The van der Waals surface area contributed by atoms with Gasteiger partial charge in [-0.1, -0.05) is 257 Å². The fraction of sp³-hybridized carbons (Fsp3) is 1.00. The van der Waals surface area contributed by atoms with Gasteiger partial charge in [-0.25, -0.2) is 0 Å². The maximum Gasteiger partial charge on any atom is 3.00 e. The molecule has 0 N–H and O–H groups in total. The van der Waals surface area contributed by atoms with Crippen molar-refractivity contribution in [2.24, 2.45) is 0 Å². The van der Waals surface area contributed by atoms with Gasteiger partial charge in [0.15, 0.2) is 0 Å². The van der Waals surface area contributed by atoms with Gasteiger partial charge < -0.3 is 26.0 Å². The molecule has 1 saturated heterocycles. The molecule has 7 heteroatoms.